The van der Waals surface area contributed by atoms with Gasteiger partial charge in [0.2, 0.25) is 0 Å². The second kappa shape index (κ2) is 9.49. The molecule has 5 rings (SSSR count). The lowest BCUT2D eigenvalue weighted by Crippen LogP contribution is -2.24. The SMILES string of the molecule is COC(=O)c1ccc(-c2ccc(/C=C3\C=C(c4ccccc4)N(c4ccc(Cl)cc4)C3=O)o2)cc1. The highest BCUT2D eigenvalue weighted by Crippen LogP contribution is 2.36. The van der Waals surface area contributed by atoms with Gasteiger partial charge in [-0.2, -0.15) is 0 Å². The molecule has 2 heterocycles. The first kappa shape index (κ1) is 22.4. The van der Waals surface area contributed by atoms with Gasteiger partial charge in [-0.15, -0.1) is 0 Å². The Labute approximate surface area is 207 Å². The van der Waals surface area contributed by atoms with Gasteiger partial charge in [0.25, 0.3) is 5.91 Å². The first-order valence-corrected chi connectivity index (χ1v) is 11.3. The summed E-state index contributed by atoms with van der Waals surface area (Å²) in [5, 5.41) is 0.601. The Kier molecular flexibility index (Phi) is 6.08. The van der Waals surface area contributed by atoms with E-state index in [1.165, 1.54) is 7.11 Å². The minimum absolute atomic E-state index is 0.161. The third-order valence-corrected chi connectivity index (χ3v) is 5.90. The topological polar surface area (TPSA) is 59.8 Å². The number of nitrogens with zero attached hydrogens (tertiary/aromatic N) is 1. The van der Waals surface area contributed by atoms with Crippen molar-refractivity contribution in [1.29, 1.82) is 0 Å². The summed E-state index contributed by atoms with van der Waals surface area (Å²) in [6, 6.07) is 27.5. The van der Waals surface area contributed by atoms with Gasteiger partial charge in [0.15, 0.2) is 0 Å². The Morgan fingerprint density at radius 3 is 2.29 bits per heavy atom. The van der Waals surface area contributed by atoms with Crippen molar-refractivity contribution >= 4 is 40.9 Å². The predicted octanol–water partition coefficient (Wildman–Crippen LogP) is 6.86. The van der Waals surface area contributed by atoms with E-state index in [0.29, 0.717) is 27.7 Å². The molecule has 0 unspecified atom stereocenters. The average molecular weight is 482 g/mol. The highest BCUT2D eigenvalue weighted by Gasteiger charge is 2.30. The molecule has 1 aromatic heterocycles. The van der Waals surface area contributed by atoms with Crippen molar-refractivity contribution in [3.63, 3.8) is 0 Å². The smallest absolute Gasteiger partial charge is 0.337 e. The summed E-state index contributed by atoms with van der Waals surface area (Å²) in [4.78, 5) is 26.8. The van der Waals surface area contributed by atoms with Crippen LogP contribution in [0.25, 0.3) is 23.1 Å². The molecule has 4 aromatic rings. The summed E-state index contributed by atoms with van der Waals surface area (Å²) in [5.74, 6) is 0.613. The van der Waals surface area contributed by atoms with E-state index >= 15 is 0 Å². The highest BCUT2D eigenvalue weighted by atomic mass is 35.5. The second-order valence-electron chi connectivity index (χ2n) is 7.88. The molecule has 0 radical (unpaired) electrons. The van der Waals surface area contributed by atoms with Gasteiger partial charge in [0, 0.05) is 21.8 Å². The summed E-state index contributed by atoms with van der Waals surface area (Å²) >= 11 is 6.06. The number of benzene rings is 3. The fourth-order valence-corrected chi connectivity index (χ4v) is 4.04. The van der Waals surface area contributed by atoms with E-state index < -0.39 is 5.97 Å². The van der Waals surface area contributed by atoms with Crippen LogP contribution in [0.1, 0.15) is 21.7 Å². The summed E-state index contributed by atoms with van der Waals surface area (Å²) in [6.45, 7) is 0. The van der Waals surface area contributed by atoms with Crippen LogP contribution in [0, 0.1) is 0 Å². The molecular weight excluding hydrogens is 462 g/mol. The van der Waals surface area contributed by atoms with E-state index in [1.807, 2.05) is 60.7 Å². The van der Waals surface area contributed by atoms with Crippen molar-refractivity contribution in [1.82, 2.24) is 0 Å². The van der Waals surface area contributed by atoms with E-state index in [-0.39, 0.29) is 5.91 Å². The first-order valence-electron chi connectivity index (χ1n) is 10.9. The van der Waals surface area contributed by atoms with Crippen LogP contribution in [0.2, 0.25) is 5.02 Å². The van der Waals surface area contributed by atoms with E-state index in [2.05, 4.69) is 0 Å². The molecule has 35 heavy (non-hydrogen) atoms. The zero-order chi connectivity index (χ0) is 24.4. The molecule has 0 spiro atoms. The maximum atomic E-state index is 13.5. The lowest BCUT2D eigenvalue weighted by Gasteiger charge is -2.20. The molecule has 0 aliphatic carbocycles. The van der Waals surface area contributed by atoms with Gasteiger partial charge in [0.1, 0.15) is 11.5 Å². The first-order chi connectivity index (χ1) is 17.0. The standard InChI is InChI=1S/C29H20ClNO4/c1-34-29(33)21-9-7-20(8-10-21)27-16-15-25(35-27)17-22-18-26(19-5-3-2-4-6-19)31(28(22)32)24-13-11-23(30)12-14-24/h2-18H,1H3/b22-17+. The average Bonchev–Trinajstić information content (AvgIpc) is 3.49. The van der Waals surface area contributed by atoms with Crippen molar-refractivity contribution in [3.8, 4) is 11.3 Å². The number of carbonyl (C=O) groups is 2. The Morgan fingerprint density at radius 2 is 1.60 bits per heavy atom. The number of halogens is 1. The maximum Gasteiger partial charge on any atom is 0.337 e. The van der Waals surface area contributed by atoms with Gasteiger partial charge in [0.05, 0.1) is 18.4 Å². The zero-order valence-electron chi connectivity index (χ0n) is 18.8. The molecule has 5 nitrogen and oxygen atoms in total. The number of anilines is 1. The van der Waals surface area contributed by atoms with Gasteiger partial charge in [-0.25, -0.2) is 4.79 Å². The van der Waals surface area contributed by atoms with Crippen molar-refractivity contribution < 1.29 is 18.7 Å². The summed E-state index contributed by atoms with van der Waals surface area (Å²) < 4.78 is 10.7. The number of carbonyl (C=O) groups excluding carboxylic acids is 2. The van der Waals surface area contributed by atoms with Crippen molar-refractivity contribution in [2.45, 2.75) is 0 Å². The molecule has 0 saturated heterocycles. The van der Waals surface area contributed by atoms with Crippen LogP contribution < -0.4 is 4.90 Å². The third kappa shape index (κ3) is 4.54. The zero-order valence-corrected chi connectivity index (χ0v) is 19.5. The third-order valence-electron chi connectivity index (χ3n) is 5.65. The molecule has 0 N–H and O–H groups in total. The van der Waals surface area contributed by atoms with Crippen molar-refractivity contribution in [2.75, 3.05) is 12.0 Å². The molecule has 172 valence electrons. The second-order valence-corrected chi connectivity index (χ2v) is 8.32. The quantitative estimate of drug-likeness (QED) is 0.231. The number of hydrogen-bond donors (Lipinski definition) is 0. The van der Waals surface area contributed by atoms with Gasteiger partial charge in [-0.05, 0) is 66.2 Å². The van der Waals surface area contributed by atoms with Crippen LogP contribution in [0.15, 0.2) is 107 Å². The van der Waals surface area contributed by atoms with Gasteiger partial charge >= 0.3 is 5.97 Å². The number of esters is 1. The van der Waals surface area contributed by atoms with Crippen LogP contribution in [0.5, 0.6) is 0 Å². The van der Waals surface area contributed by atoms with Crippen LogP contribution in [-0.2, 0) is 9.53 Å². The number of rotatable bonds is 5. The number of amides is 1. The van der Waals surface area contributed by atoms with Crippen LogP contribution in [-0.4, -0.2) is 19.0 Å². The summed E-state index contributed by atoms with van der Waals surface area (Å²) in [6.07, 6.45) is 3.59. The monoisotopic (exact) mass is 481 g/mol. The largest absolute Gasteiger partial charge is 0.465 e. The molecule has 0 saturated carbocycles. The lowest BCUT2D eigenvalue weighted by atomic mass is 10.1. The molecule has 1 aliphatic rings. The van der Waals surface area contributed by atoms with Gasteiger partial charge in [-0.3, -0.25) is 9.69 Å². The van der Waals surface area contributed by atoms with E-state index in [9.17, 15) is 9.59 Å². The van der Waals surface area contributed by atoms with E-state index in [4.69, 9.17) is 20.8 Å². The summed E-state index contributed by atoms with van der Waals surface area (Å²) in [5.41, 5.74) is 4.19. The Bertz CT molecular complexity index is 1450. The number of hydrogen-bond acceptors (Lipinski definition) is 4. The van der Waals surface area contributed by atoms with Crippen LogP contribution in [0.4, 0.5) is 5.69 Å². The molecule has 0 atom stereocenters. The Balaban J connectivity index is 1.48. The lowest BCUT2D eigenvalue weighted by molar-refractivity contribution is -0.113. The number of ether oxygens (including phenoxy) is 1. The van der Waals surface area contributed by atoms with Crippen molar-refractivity contribution in [2.24, 2.45) is 0 Å². The summed E-state index contributed by atoms with van der Waals surface area (Å²) in [7, 11) is 1.35. The fourth-order valence-electron chi connectivity index (χ4n) is 3.91. The van der Waals surface area contributed by atoms with Crippen LogP contribution >= 0.6 is 11.6 Å². The Hall–Kier alpha value is -4.35. The van der Waals surface area contributed by atoms with E-state index in [1.54, 1.807) is 47.4 Å². The number of methoxy groups -OCH3 is 1. The van der Waals surface area contributed by atoms with Gasteiger partial charge in [-0.1, -0.05) is 54.1 Å². The molecule has 0 fully saturated rings. The molecule has 1 amide bonds. The van der Waals surface area contributed by atoms with Gasteiger partial charge < -0.3 is 9.15 Å². The van der Waals surface area contributed by atoms with Crippen LogP contribution in [0.3, 0.4) is 0 Å². The maximum absolute atomic E-state index is 13.5. The predicted molar refractivity (Wildman–Crippen MR) is 137 cm³/mol. The van der Waals surface area contributed by atoms with E-state index in [0.717, 1.165) is 22.5 Å². The minimum atomic E-state index is -0.396. The fraction of sp³-hybridized carbons (Fsp3) is 0.0345. The minimum Gasteiger partial charge on any atom is -0.465 e. The molecule has 0 bridgehead atoms. The molecular formula is C29H20ClNO4. The molecule has 6 heteroatoms. The number of furan rings is 1. The molecule has 1 aliphatic heterocycles. The normalized spacial score (nSPS) is 14.3. The Morgan fingerprint density at radius 1 is 0.886 bits per heavy atom. The van der Waals surface area contributed by atoms with Crippen molar-refractivity contribution in [3.05, 3.63) is 125 Å². The highest BCUT2D eigenvalue weighted by molar-refractivity contribution is 6.30. The molecule has 3 aromatic carbocycles.